The molecule has 0 aliphatic carbocycles. The Balaban J connectivity index is 1.46. The van der Waals surface area contributed by atoms with E-state index in [0.29, 0.717) is 0 Å². The SMILES string of the molecule is Cc1cc(C)n(-c2cccc(N(c3ccccc3)c3ccc4c5ccccc5n(-c5cc(C(C)(C)C)ccn5)c4c3)c2)n1. The first-order chi connectivity index (χ1) is 20.8. The molecule has 0 atom stereocenters. The fourth-order valence-corrected chi connectivity index (χ4v) is 6.03. The van der Waals surface area contributed by atoms with Gasteiger partial charge in [0.2, 0.25) is 0 Å². The predicted molar refractivity (Wildman–Crippen MR) is 179 cm³/mol. The molecule has 0 aliphatic heterocycles. The third kappa shape index (κ3) is 4.77. The molecule has 5 nitrogen and oxygen atoms in total. The van der Waals surface area contributed by atoms with Crippen LogP contribution in [0.3, 0.4) is 0 Å². The van der Waals surface area contributed by atoms with Crippen LogP contribution in [0.1, 0.15) is 37.7 Å². The van der Waals surface area contributed by atoms with Gasteiger partial charge in [-0.05, 0) is 91.6 Å². The van der Waals surface area contributed by atoms with E-state index in [9.17, 15) is 0 Å². The van der Waals surface area contributed by atoms with Crippen molar-refractivity contribution in [3.05, 3.63) is 138 Å². The molecule has 0 aliphatic rings. The summed E-state index contributed by atoms with van der Waals surface area (Å²) in [5, 5.41) is 7.16. The second-order valence-electron chi connectivity index (χ2n) is 12.2. The first-order valence-corrected chi connectivity index (χ1v) is 14.8. The minimum absolute atomic E-state index is 0.0161. The van der Waals surface area contributed by atoms with Crippen LogP contribution in [-0.2, 0) is 5.41 Å². The van der Waals surface area contributed by atoms with Crippen molar-refractivity contribution in [2.75, 3.05) is 4.90 Å². The zero-order valence-corrected chi connectivity index (χ0v) is 25.3. The van der Waals surface area contributed by atoms with Crippen molar-refractivity contribution in [3.8, 4) is 11.5 Å². The lowest BCUT2D eigenvalue weighted by atomic mass is 9.88. The number of hydrogen-bond acceptors (Lipinski definition) is 3. The molecule has 4 aromatic carbocycles. The van der Waals surface area contributed by atoms with Gasteiger partial charge in [-0.2, -0.15) is 5.10 Å². The topological polar surface area (TPSA) is 38.9 Å². The summed E-state index contributed by atoms with van der Waals surface area (Å²) in [6.07, 6.45) is 1.93. The Kier molecular flexibility index (Phi) is 6.39. The molecule has 43 heavy (non-hydrogen) atoms. The smallest absolute Gasteiger partial charge is 0.137 e. The standard InChI is InChI=1S/C38H35N5/c1-26-22-27(2)43(40-26)32-15-11-14-30(24-32)41(29-12-7-6-8-13-29)31-18-19-34-33-16-9-10-17-35(33)42(36(34)25-31)37-23-28(20-21-39-37)38(3,4)5/h6-25H,1-5H3. The highest BCUT2D eigenvalue weighted by Gasteiger charge is 2.20. The molecule has 0 saturated carbocycles. The Morgan fingerprint density at radius 2 is 1.35 bits per heavy atom. The molecule has 3 aromatic heterocycles. The number of anilines is 3. The largest absolute Gasteiger partial charge is 0.310 e. The molecule has 212 valence electrons. The van der Waals surface area contributed by atoms with Gasteiger partial charge in [-0.25, -0.2) is 9.67 Å². The molecular formula is C38H35N5. The third-order valence-electron chi connectivity index (χ3n) is 8.11. The van der Waals surface area contributed by atoms with Gasteiger partial charge in [-0.15, -0.1) is 0 Å². The van der Waals surface area contributed by atoms with Crippen LogP contribution >= 0.6 is 0 Å². The monoisotopic (exact) mass is 561 g/mol. The van der Waals surface area contributed by atoms with Crippen LogP contribution < -0.4 is 4.90 Å². The van der Waals surface area contributed by atoms with Crippen molar-refractivity contribution in [2.24, 2.45) is 0 Å². The summed E-state index contributed by atoms with van der Waals surface area (Å²) < 4.78 is 4.32. The molecule has 7 rings (SSSR count). The van der Waals surface area contributed by atoms with E-state index in [2.05, 4.69) is 152 Å². The van der Waals surface area contributed by atoms with Crippen molar-refractivity contribution in [1.29, 1.82) is 0 Å². The van der Waals surface area contributed by atoms with Gasteiger partial charge in [-0.3, -0.25) is 4.57 Å². The van der Waals surface area contributed by atoms with Crippen molar-refractivity contribution in [2.45, 2.75) is 40.0 Å². The number of rotatable bonds is 5. The van der Waals surface area contributed by atoms with Crippen LogP contribution in [0, 0.1) is 13.8 Å². The Morgan fingerprint density at radius 1 is 0.628 bits per heavy atom. The molecule has 3 heterocycles. The molecule has 0 unspecified atom stereocenters. The van der Waals surface area contributed by atoms with E-state index < -0.39 is 0 Å². The van der Waals surface area contributed by atoms with Crippen molar-refractivity contribution in [1.82, 2.24) is 19.3 Å². The van der Waals surface area contributed by atoms with Gasteiger partial charge in [0.1, 0.15) is 5.82 Å². The van der Waals surface area contributed by atoms with Gasteiger partial charge in [-0.1, -0.05) is 69.3 Å². The van der Waals surface area contributed by atoms with E-state index in [0.717, 1.165) is 51.0 Å². The number of aryl methyl sites for hydroxylation is 2. The number of nitrogens with zero attached hydrogens (tertiary/aromatic N) is 5. The van der Waals surface area contributed by atoms with Gasteiger partial charge in [0.25, 0.3) is 0 Å². The lowest BCUT2D eigenvalue weighted by Crippen LogP contribution is -2.12. The summed E-state index contributed by atoms with van der Waals surface area (Å²) in [6, 6.07) is 41.0. The van der Waals surface area contributed by atoms with Crippen molar-refractivity contribution in [3.63, 3.8) is 0 Å². The first kappa shape index (κ1) is 26.7. The normalized spacial score (nSPS) is 11.8. The number of fused-ring (bicyclic) bond motifs is 3. The fourth-order valence-electron chi connectivity index (χ4n) is 6.03. The number of pyridine rings is 1. The minimum Gasteiger partial charge on any atom is -0.310 e. The number of para-hydroxylation sites is 2. The van der Waals surface area contributed by atoms with Crippen LogP contribution in [0.15, 0.2) is 121 Å². The maximum Gasteiger partial charge on any atom is 0.137 e. The summed E-state index contributed by atoms with van der Waals surface area (Å²) in [7, 11) is 0. The van der Waals surface area contributed by atoms with E-state index in [4.69, 9.17) is 10.1 Å². The average molecular weight is 562 g/mol. The molecular weight excluding hydrogens is 526 g/mol. The van der Waals surface area contributed by atoms with Crippen LogP contribution in [0.2, 0.25) is 0 Å². The second kappa shape index (κ2) is 10.3. The zero-order valence-electron chi connectivity index (χ0n) is 25.3. The number of benzene rings is 4. The molecule has 5 heteroatoms. The summed E-state index contributed by atoms with van der Waals surface area (Å²) in [5.74, 6) is 0.925. The summed E-state index contributed by atoms with van der Waals surface area (Å²) in [5.41, 5.74) is 9.89. The Hall–Kier alpha value is -5.16. The average Bonchev–Trinajstić information content (AvgIpc) is 3.53. The minimum atomic E-state index is 0.0161. The van der Waals surface area contributed by atoms with E-state index in [1.807, 2.05) is 17.8 Å². The Labute approximate surface area is 252 Å². The van der Waals surface area contributed by atoms with Gasteiger partial charge < -0.3 is 4.90 Å². The highest BCUT2D eigenvalue weighted by Crippen LogP contribution is 2.40. The quantitative estimate of drug-likeness (QED) is 0.210. The lowest BCUT2D eigenvalue weighted by molar-refractivity contribution is 0.588. The van der Waals surface area contributed by atoms with Crippen molar-refractivity contribution < 1.29 is 0 Å². The summed E-state index contributed by atoms with van der Waals surface area (Å²) in [4.78, 5) is 7.20. The van der Waals surface area contributed by atoms with Crippen LogP contribution in [0.4, 0.5) is 17.1 Å². The molecule has 0 N–H and O–H groups in total. The van der Waals surface area contributed by atoms with E-state index in [1.165, 1.54) is 16.3 Å². The van der Waals surface area contributed by atoms with Crippen LogP contribution in [-0.4, -0.2) is 19.3 Å². The summed E-state index contributed by atoms with van der Waals surface area (Å²) >= 11 is 0. The van der Waals surface area contributed by atoms with Crippen LogP contribution in [0.25, 0.3) is 33.3 Å². The molecule has 0 fully saturated rings. The van der Waals surface area contributed by atoms with E-state index >= 15 is 0 Å². The molecule has 0 spiro atoms. The van der Waals surface area contributed by atoms with Gasteiger partial charge >= 0.3 is 0 Å². The predicted octanol–water partition coefficient (Wildman–Crippen LogP) is 9.75. The van der Waals surface area contributed by atoms with Gasteiger partial charge in [0.15, 0.2) is 0 Å². The Morgan fingerprint density at radius 3 is 2.12 bits per heavy atom. The maximum absolute atomic E-state index is 4.88. The van der Waals surface area contributed by atoms with Crippen LogP contribution in [0.5, 0.6) is 0 Å². The molecule has 0 bridgehead atoms. The fraction of sp³-hybridized carbons (Fsp3) is 0.158. The number of aromatic nitrogens is 4. The van der Waals surface area contributed by atoms with E-state index in [1.54, 1.807) is 0 Å². The second-order valence-corrected chi connectivity index (χ2v) is 12.2. The molecule has 0 amide bonds. The molecule has 0 saturated heterocycles. The summed E-state index contributed by atoms with van der Waals surface area (Å²) in [6.45, 7) is 10.9. The number of hydrogen-bond donors (Lipinski definition) is 0. The maximum atomic E-state index is 4.88. The Bertz CT molecular complexity index is 2090. The van der Waals surface area contributed by atoms with E-state index in [-0.39, 0.29) is 5.41 Å². The van der Waals surface area contributed by atoms with Crippen molar-refractivity contribution >= 4 is 38.9 Å². The zero-order chi connectivity index (χ0) is 29.7. The molecule has 0 radical (unpaired) electrons. The highest BCUT2D eigenvalue weighted by atomic mass is 15.3. The van der Waals surface area contributed by atoms with Gasteiger partial charge in [0, 0.05) is 39.7 Å². The third-order valence-corrected chi connectivity index (χ3v) is 8.11. The highest BCUT2D eigenvalue weighted by molar-refractivity contribution is 6.10. The van der Waals surface area contributed by atoms with Gasteiger partial charge in [0.05, 0.1) is 22.4 Å². The molecule has 7 aromatic rings. The first-order valence-electron chi connectivity index (χ1n) is 14.8. The lowest BCUT2D eigenvalue weighted by Gasteiger charge is -2.26.